The van der Waals surface area contributed by atoms with Gasteiger partial charge >= 0.3 is 6.16 Å². The lowest BCUT2D eigenvalue weighted by atomic mass is 9.98. The van der Waals surface area contributed by atoms with E-state index < -0.39 is 6.16 Å². The van der Waals surface area contributed by atoms with Crippen LogP contribution in [0, 0.1) is 0 Å². The number of fused-ring (bicyclic) bond motifs is 1. The van der Waals surface area contributed by atoms with Crippen molar-refractivity contribution in [3.63, 3.8) is 0 Å². The minimum absolute atomic E-state index is 0.160. The molecule has 3 aromatic rings. The number of carbonyl (C=O) groups excluding carboxylic acids is 1. The van der Waals surface area contributed by atoms with Gasteiger partial charge < -0.3 is 20.1 Å². The Morgan fingerprint density at radius 2 is 1.63 bits per heavy atom. The van der Waals surface area contributed by atoms with E-state index in [0.29, 0.717) is 23.5 Å². The Labute approximate surface area is 204 Å². The number of nitrogens with zero attached hydrogens (tertiary/aromatic N) is 2. The minimum Gasteiger partial charge on any atom is -0.449 e. The number of para-hydroxylation sites is 1. The van der Waals surface area contributed by atoms with Gasteiger partial charge in [0.05, 0.1) is 23.6 Å². The Morgan fingerprint density at radius 3 is 2.31 bits per heavy atom. The highest BCUT2D eigenvalue weighted by molar-refractivity contribution is 6.37. The van der Waals surface area contributed by atoms with Crippen LogP contribution in [-0.4, -0.2) is 41.8 Å². The number of hydrogen-bond donors (Lipinski definition) is 2. The highest BCUT2D eigenvalue weighted by atomic mass is 16.7. The SMILES string of the molecule is O=C(O)Oc1ccc2c(c1)NC(=O)/C2=C(/c1ccccc1)N(CN1CCCCC1)c1ccccc1. The summed E-state index contributed by atoms with van der Waals surface area (Å²) in [6.07, 6.45) is 2.17. The molecule has 7 heteroatoms. The Kier molecular flexibility index (Phi) is 6.50. The normalized spacial score (nSPS) is 16.9. The van der Waals surface area contributed by atoms with Gasteiger partial charge in [0, 0.05) is 17.3 Å². The monoisotopic (exact) mass is 469 g/mol. The Bertz CT molecular complexity index is 1250. The highest BCUT2D eigenvalue weighted by Gasteiger charge is 2.32. The Balaban J connectivity index is 1.68. The second-order valence-electron chi connectivity index (χ2n) is 8.70. The first-order chi connectivity index (χ1) is 17.1. The predicted octanol–water partition coefficient (Wildman–Crippen LogP) is 5.51. The van der Waals surface area contributed by atoms with Gasteiger partial charge in [0.2, 0.25) is 0 Å². The van der Waals surface area contributed by atoms with Gasteiger partial charge in [-0.25, -0.2) is 4.79 Å². The molecule has 3 aromatic carbocycles. The number of carbonyl (C=O) groups is 2. The summed E-state index contributed by atoms with van der Waals surface area (Å²) in [5.41, 5.74) is 4.53. The molecule has 7 nitrogen and oxygen atoms in total. The van der Waals surface area contributed by atoms with Crippen molar-refractivity contribution in [3.05, 3.63) is 90.0 Å². The van der Waals surface area contributed by atoms with Gasteiger partial charge in [0.1, 0.15) is 5.75 Å². The summed E-state index contributed by atoms with van der Waals surface area (Å²) in [5, 5.41) is 11.9. The van der Waals surface area contributed by atoms with Crippen molar-refractivity contribution >= 4 is 34.7 Å². The molecule has 2 heterocycles. The van der Waals surface area contributed by atoms with E-state index in [4.69, 9.17) is 9.84 Å². The first kappa shape index (κ1) is 22.7. The van der Waals surface area contributed by atoms with Crippen molar-refractivity contribution in [2.45, 2.75) is 19.3 Å². The summed E-state index contributed by atoms with van der Waals surface area (Å²) in [4.78, 5) is 29.1. The second kappa shape index (κ2) is 10.0. The lowest BCUT2D eigenvalue weighted by molar-refractivity contribution is -0.110. The molecular formula is C28H27N3O4. The van der Waals surface area contributed by atoms with Crippen LogP contribution >= 0.6 is 0 Å². The van der Waals surface area contributed by atoms with Crippen LogP contribution in [0.3, 0.4) is 0 Å². The maximum Gasteiger partial charge on any atom is 0.511 e. The summed E-state index contributed by atoms with van der Waals surface area (Å²) < 4.78 is 4.80. The first-order valence-electron chi connectivity index (χ1n) is 11.8. The fourth-order valence-corrected chi connectivity index (χ4v) is 4.77. The largest absolute Gasteiger partial charge is 0.511 e. The third-order valence-corrected chi connectivity index (χ3v) is 6.35. The minimum atomic E-state index is -1.40. The van der Waals surface area contributed by atoms with Crippen LogP contribution in [0.15, 0.2) is 78.9 Å². The molecule has 0 bridgehead atoms. The second-order valence-corrected chi connectivity index (χ2v) is 8.70. The topological polar surface area (TPSA) is 82.1 Å². The number of likely N-dealkylation sites (tertiary alicyclic amines) is 1. The van der Waals surface area contributed by atoms with Gasteiger partial charge in [-0.3, -0.25) is 9.69 Å². The van der Waals surface area contributed by atoms with E-state index in [1.54, 1.807) is 18.2 Å². The summed E-state index contributed by atoms with van der Waals surface area (Å²) >= 11 is 0. The number of hydrogen-bond acceptors (Lipinski definition) is 5. The van der Waals surface area contributed by atoms with Crippen molar-refractivity contribution in [2.75, 3.05) is 30.0 Å². The predicted molar refractivity (Wildman–Crippen MR) is 136 cm³/mol. The number of rotatable bonds is 6. The number of carboxylic acid groups (broad SMARTS) is 1. The summed E-state index contributed by atoms with van der Waals surface area (Å²) in [6, 6.07) is 24.9. The van der Waals surface area contributed by atoms with Crippen molar-refractivity contribution in [3.8, 4) is 5.75 Å². The number of nitrogens with one attached hydrogen (secondary N) is 1. The molecule has 0 radical (unpaired) electrons. The van der Waals surface area contributed by atoms with Crippen LogP contribution in [0.25, 0.3) is 11.3 Å². The van der Waals surface area contributed by atoms with Crippen molar-refractivity contribution in [2.24, 2.45) is 0 Å². The molecule has 1 fully saturated rings. The third-order valence-electron chi connectivity index (χ3n) is 6.35. The summed E-state index contributed by atoms with van der Waals surface area (Å²) in [7, 11) is 0. The van der Waals surface area contributed by atoms with Gasteiger partial charge in [-0.15, -0.1) is 0 Å². The molecule has 0 spiro atoms. The van der Waals surface area contributed by atoms with E-state index in [1.165, 1.54) is 6.42 Å². The van der Waals surface area contributed by atoms with Gasteiger partial charge in [0.15, 0.2) is 0 Å². The maximum absolute atomic E-state index is 13.4. The van der Waals surface area contributed by atoms with Crippen LogP contribution in [-0.2, 0) is 4.79 Å². The van der Waals surface area contributed by atoms with Crippen LogP contribution in [0.1, 0.15) is 30.4 Å². The molecule has 2 N–H and O–H groups in total. The molecule has 35 heavy (non-hydrogen) atoms. The molecule has 0 aromatic heterocycles. The number of anilines is 2. The quantitative estimate of drug-likeness (QED) is 0.281. The van der Waals surface area contributed by atoms with Gasteiger partial charge in [-0.2, -0.15) is 0 Å². The van der Waals surface area contributed by atoms with Crippen LogP contribution in [0.2, 0.25) is 0 Å². The first-order valence-corrected chi connectivity index (χ1v) is 11.8. The number of ether oxygens (including phenoxy) is 1. The number of piperidine rings is 1. The van der Waals surface area contributed by atoms with E-state index in [-0.39, 0.29) is 11.7 Å². The smallest absolute Gasteiger partial charge is 0.449 e. The van der Waals surface area contributed by atoms with Gasteiger partial charge in [-0.1, -0.05) is 55.0 Å². The standard InChI is InChI=1S/C28H27N3O4/c32-27-25(23-15-14-22(35-28(33)34)18-24(23)29-27)26(20-10-4-1-5-11-20)31(21-12-6-2-7-13-21)19-30-16-8-3-9-17-30/h1-2,4-7,10-15,18H,3,8-9,16-17,19H2,(H,29,32)(H,33,34)/b26-25-. The molecule has 0 aliphatic carbocycles. The fraction of sp³-hybridized carbons (Fsp3) is 0.214. The zero-order valence-electron chi connectivity index (χ0n) is 19.3. The fourth-order valence-electron chi connectivity index (χ4n) is 4.77. The van der Waals surface area contributed by atoms with Crippen molar-refractivity contribution < 1.29 is 19.4 Å². The number of amides is 1. The Hall–Kier alpha value is -4.10. The average molecular weight is 470 g/mol. The van der Waals surface area contributed by atoms with Gasteiger partial charge in [0.25, 0.3) is 5.91 Å². The average Bonchev–Trinajstić information content (AvgIpc) is 3.20. The summed E-state index contributed by atoms with van der Waals surface area (Å²) in [5.74, 6) is -0.0711. The van der Waals surface area contributed by atoms with Crippen molar-refractivity contribution in [1.82, 2.24) is 4.90 Å². The molecule has 0 atom stereocenters. The van der Waals surface area contributed by atoms with Gasteiger partial charge in [-0.05, 0) is 55.8 Å². The number of benzene rings is 3. The molecule has 1 amide bonds. The molecular weight excluding hydrogens is 442 g/mol. The lowest BCUT2D eigenvalue weighted by Crippen LogP contribution is -2.40. The van der Waals surface area contributed by atoms with Crippen LogP contribution in [0.5, 0.6) is 5.75 Å². The zero-order valence-corrected chi connectivity index (χ0v) is 19.3. The Morgan fingerprint density at radius 1 is 0.943 bits per heavy atom. The van der Waals surface area contributed by atoms with E-state index in [1.807, 2.05) is 48.5 Å². The molecule has 2 aliphatic rings. The van der Waals surface area contributed by atoms with Crippen LogP contribution in [0.4, 0.5) is 16.2 Å². The molecule has 1 saturated heterocycles. The molecule has 5 rings (SSSR count). The van der Waals surface area contributed by atoms with E-state index in [0.717, 1.165) is 42.9 Å². The molecule has 0 unspecified atom stereocenters. The van der Waals surface area contributed by atoms with Crippen molar-refractivity contribution in [1.29, 1.82) is 0 Å². The molecule has 178 valence electrons. The zero-order chi connectivity index (χ0) is 24.2. The molecule has 0 saturated carbocycles. The maximum atomic E-state index is 13.4. The molecule has 2 aliphatic heterocycles. The third kappa shape index (κ3) is 4.90. The van der Waals surface area contributed by atoms with E-state index >= 15 is 0 Å². The van der Waals surface area contributed by atoms with E-state index in [2.05, 4.69) is 27.2 Å². The van der Waals surface area contributed by atoms with E-state index in [9.17, 15) is 9.59 Å². The summed E-state index contributed by atoms with van der Waals surface area (Å²) in [6.45, 7) is 2.68. The van der Waals surface area contributed by atoms with Crippen LogP contribution < -0.4 is 15.0 Å². The highest BCUT2D eigenvalue weighted by Crippen LogP contribution is 2.41. The lowest BCUT2D eigenvalue weighted by Gasteiger charge is -2.36.